The van der Waals surface area contributed by atoms with E-state index in [1.165, 1.54) is 6.20 Å². The Hall–Kier alpha value is -1.62. The average Bonchev–Trinajstić information content (AvgIpc) is 2.44. The van der Waals surface area contributed by atoms with Crippen molar-refractivity contribution in [2.75, 3.05) is 6.54 Å². The number of carboxylic acids is 1. The summed E-state index contributed by atoms with van der Waals surface area (Å²) in [6.45, 7) is 0.591. The zero-order valence-electron chi connectivity index (χ0n) is 6.82. The summed E-state index contributed by atoms with van der Waals surface area (Å²) in [7, 11) is 0. The predicted octanol–water partition coefficient (Wildman–Crippen LogP) is -0.353. The highest BCUT2D eigenvalue weighted by atomic mass is 16.4. The van der Waals surface area contributed by atoms with Gasteiger partial charge in [-0.05, 0) is 6.08 Å². The van der Waals surface area contributed by atoms with Crippen LogP contribution in [0.1, 0.15) is 0 Å². The molecule has 0 bridgehead atoms. The molecule has 1 fully saturated rings. The molecule has 3 N–H and O–H groups in total. The molecule has 1 atom stereocenters. The first-order valence-electron chi connectivity index (χ1n) is 3.94. The zero-order valence-corrected chi connectivity index (χ0v) is 6.82. The minimum atomic E-state index is -0.916. The third kappa shape index (κ3) is 1.33. The van der Waals surface area contributed by atoms with Gasteiger partial charge in [0.2, 0.25) is 0 Å². The summed E-state index contributed by atoms with van der Waals surface area (Å²) in [6, 6.07) is 0. The number of allylic oxidation sites excluding steroid dienone is 1. The second kappa shape index (κ2) is 3.02. The van der Waals surface area contributed by atoms with Gasteiger partial charge in [-0.1, -0.05) is 0 Å². The van der Waals surface area contributed by atoms with Gasteiger partial charge in [0.1, 0.15) is 0 Å². The van der Waals surface area contributed by atoms with Crippen molar-refractivity contribution in [2.45, 2.75) is 0 Å². The van der Waals surface area contributed by atoms with Crippen LogP contribution in [0.4, 0.5) is 0 Å². The molecule has 0 aromatic carbocycles. The van der Waals surface area contributed by atoms with Crippen molar-refractivity contribution in [1.82, 2.24) is 10.9 Å². The number of aliphatic carboxylic acids is 1. The van der Waals surface area contributed by atoms with Crippen LogP contribution in [-0.2, 0) is 4.79 Å². The fourth-order valence-corrected chi connectivity index (χ4v) is 1.43. The molecule has 1 saturated heterocycles. The van der Waals surface area contributed by atoms with Crippen LogP contribution in [0.25, 0.3) is 0 Å². The van der Waals surface area contributed by atoms with Gasteiger partial charge in [0.25, 0.3) is 0 Å². The second-order valence-electron chi connectivity index (χ2n) is 2.87. The van der Waals surface area contributed by atoms with Crippen molar-refractivity contribution in [2.24, 2.45) is 10.9 Å². The summed E-state index contributed by atoms with van der Waals surface area (Å²) in [4.78, 5) is 14.7. The Bertz CT molecular complexity index is 330. The maximum Gasteiger partial charge on any atom is 0.333 e. The maximum absolute atomic E-state index is 10.8. The topological polar surface area (TPSA) is 73.7 Å². The summed E-state index contributed by atoms with van der Waals surface area (Å²) in [5.41, 5.74) is 6.97. The van der Waals surface area contributed by atoms with Gasteiger partial charge in [-0.2, -0.15) is 0 Å². The largest absolute Gasteiger partial charge is 0.478 e. The van der Waals surface area contributed by atoms with E-state index in [9.17, 15) is 4.79 Å². The van der Waals surface area contributed by atoms with Crippen LogP contribution in [0, 0.1) is 5.92 Å². The smallest absolute Gasteiger partial charge is 0.333 e. The summed E-state index contributed by atoms with van der Waals surface area (Å²) in [6.07, 6.45) is 4.75. The van der Waals surface area contributed by atoms with E-state index < -0.39 is 5.97 Å². The molecular formula is C8H9N3O2. The Morgan fingerprint density at radius 2 is 2.54 bits per heavy atom. The van der Waals surface area contributed by atoms with Crippen LogP contribution < -0.4 is 10.9 Å². The van der Waals surface area contributed by atoms with Crippen LogP contribution in [-0.4, -0.2) is 23.8 Å². The number of nitrogens with zero attached hydrogens (tertiary/aromatic N) is 1. The predicted molar refractivity (Wildman–Crippen MR) is 46.9 cm³/mol. The monoisotopic (exact) mass is 179 g/mol. The normalized spacial score (nSPS) is 25.4. The van der Waals surface area contributed by atoms with Gasteiger partial charge in [-0.25, -0.2) is 10.2 Å². The molecule has 0 amide bonds. The third-order valence-electron chi connectivity index (χ3n) is 2.09. The Labute approximate surface area is 74.8 Å². The summed E-state index contributed by atoms with van der Waals surface area (Å²) in [5, 5.41) is 8.89. The molecule has 0 spiro atoms. The first kappa shape index (κ1) is 8.00. The van der Waals surface area contributed by atoms with E-state index in [-0.39, 0.29) is 5.92 Å². The van der Waals surface area contributed by atoms with Crippen molar-refractivity contribution >= 4 is 12.2 Å². The Morgan fingerprint density at radius 1 is 1.69 bits per heavy atom. The van der Waals surface area contributed by atoms with Gasteiger partial charge >= 0.3 is 5.97 Å². The molecule has 2 aliphatic heterocycles. The molecule has 68 valence electrons. The number of hydrogen-bond donors (Lipinski definition) is 3. The molecule has 1 unspecified atom stereocenters. The Balaban J connectivity index is 2.37. The van der Waals surface area contributed by atoms with Crippen molar-refractivity contribution in [1.29, 1.82) is 0 Å². The number of carboxylic acid groups (broad SMARTS) is 1. The van der Waals surface area contributed by atoms with E-state index in [2.05, 4.69) is 15.8 Å². The first-order valence-corrected chi connectivity index (χ1v) is 3.94. The number of carbonyl (C=O) groups is 1. The van der Waals surface area contributed by atoms with Gasteiger partial charge in [0, 0.05) is 30.6 Å². The molecule has 0 radical (unpaired) electrons. The molecule has 2 heterocycles. The number of aliphatic imine (C=N–C) groups is 1. The van der Waals surface area contributed by atoms with Gasteiger partial charge in [0.05, 0.1) is 5.57 Å². The van der Waals surface area contributed by atoms with Crippen LogP contribution in [0.5, 0.6) is 0 Å². The lowest BCUT2D eigenvalue weighted by molar-refractivity contribution is -0.133. The van der Waals surface area contributed by atoms with Gasteiger partial charge < -0.3 is 10.5 Å². The van der Waals surface area contributed by atoms with E-state index in [0.717, 1.165) is 5.70 Å². The van der Waals surface area contributed by atoms with Crippen molar-refractivity contribution in [3.63, 3.8) is 0 Å². The average molecular weight is 179 g/mol. The molecule has 13 heavy (non-hydrogen) atoms. The number of hydrogen-bond acceptors (Lipinski definition) is 4. The number of fused-ring (bicyclic) bond motifs is 1. The minimum absolute atomic E-state index is 0.111. The van der Waals surface area contributed by atoms with E-state index in [1.54, 1.807) is 12.3 Å². The molecular weight excluding hydrogens is 170 g/mol. The molecule has 2 aliphatic rings. The number of hydrazine groups is 1. The lowest BCUT2D eigenvalue weighted by Gasteiger charge is -2.07. The highest BCUT2D eigenvalue weighted by Gasteiger charge is 2.28. The van der Waals surface area contributed by atoms with Crippen LogP contribution >= 0.6 is 0 Å². The summed E-state index contributed by atoms with van der Waals surface area (Å²) < 4.78 is 0. The number of nitrogens with one attached hydrogen (secondary N) is 2. The molecule has 5 heteroatoms. The lowest BCUT2D eigenvalue weighted by atomic mass is 9.98. The molecule has 0 saturated carbocycles. The van der Waals surface area contributed by atoms with Gasteiger partial charge in [0.15, 0.2) is 0 Å². The summed E-state index contributed by atoms with van der Waals surface area (Å²) in [5.74, 6) is -1.03. The highest BCUT2D eigenvalue weighted by molar-refractivity contribution is 5.89. The number of rotatable bonds is 1. The molecule has 0 aliphatic carbocycles. The Kier molecular flexibility index (Phi) is 1.86. The second-order valence-corrected chi connectivity index (χ2v) is 2.87. The van der Waals surface area contributed by atoms with E-state index in [4.69, 9.17) is 5.11 Å². The van der Waals surface area contributed by atoms with E-state index in [1.807, 2.05) is 0 Å². The van der Waals surface area contributed by atoms with E-state index >= 15 is 0 Å². The van der Waals surface area contributed by atoms with Crippen molar-refractivity contribution < 1.29 is 9.90 Å². The quantitative estimate of drug-likeness (QED) is 0.514. The lowest BCUT2D eigenvalue weighted by Crippen LogP contribution is -2.20. The van der Waals surface area contributed by atoms with Crippen molar-refractivity contribution in [3.8, 4) is 0 Å². The van der Waals surface area contributed by atoms with Gasteiger partial charge in [-0.15, -0.1) is 0 Å². The molecule has 0 aromatic rings. The zero-order chi connectivity index (χ0) is 9.26. The SMILES string of the molecule is O=C(O)C1=CN=CC=C2NNCC21. The molecule has 5 nitrogen and oxygen atoms in total. The van der Waals surface area contributed by atoms with Crippen LogP contribution in [0.3, 0.4) is 0 Å². The fraction of sp³-hybridized carbons (Fsp3) is 0.250. The fourth-order valence-electron chi connectivity index (χ4n) is 1.43. The van der Waals surface area contributed by atoms with Gasteiger partial charge in [-0.3, -0.25) is 4.99 Å². The van der Waals surface area contributed by atoms with Crippen LogP contribution in [0.2, 0.25) is 0 Å². The van der Waals surface area contributed by atoms with Crippen molar-refractivity contribution in [3.05, 3.63) is 23.5 Å². The summed E-state index contributed by atoms with van der Waals surface area (Å²) >= 11 is 0. The van der Waals surface area contributed by atoms with E-state index in [0.29, 0.717) is 12.1 Å². The molecule has 0 aromatic heterocycles. The highest BCUT2D eigenvalue weighted by Crippen LogP contribution is 2.22. The molecule has 2 rings (SSSR count). The Morgan fingerprint density at radius 3 is 3.31 bits per heavy atom. The third-order valence-corrected chi connectivity index (χ3v) is 2.09. The minimum Gasteiger partial charge on any atom is -0.478 e. The maximum atomic E-state index is 10.8. The standard InChI is InChI=1S/C8H9N3O2/c12-8(13)6-3-9-2-1-7-5(6)4-10-11-7/h1-3,5,10-11H,4H2,(H,12,13). The first-order chi connectivity index (χ1) is 6.29. The van der Waals surface area contributed by atoms with Crippen LogP contribution in [0.15, 0.2) is 28.5 Å².